The van der Waals surface area contributed by atoms with Crippen molar-refractivity contribution in [3.05, 3.63) is 18.6 Å². The predicted octanol–water partition coefficient (Wildman–Crippen LogP) is 2.85. The van der Waals surface area contributed by atoms with Gasteiger partial charge in [0, 0.05) is 32.2 Å². The van der Waals surface area contributed by atoms with Crippen LogP contribution in [0.4, 0.5) is 11.1 Å². The SMILES string of the molecule is COC12CC(C(=O)Nc3ncc(Oc4cnc(N5CCC6(CCOC6)C5)nc4)s3)(C1)C2. The molecule has 31 heavy (non-hydrogen) atoms. The fraction of sp³-hybridized carbons (Fsp3) is 0.619. The zero-order valence-corrected chi connectivity index (χ0v) is 18.2. The summed E-state index contributed by atoms with van der Waals surface area (Å²) in [4.78, 5) is 28.0. The average Bonchev–Trinajstić information content (AvgIpc) is 3.44. The van der Waals surface area contributed by atoms with E-state index >= 15 is 0 Å². The van der Waals surface area contributed by atoms with Crippen LogP contribution in [-0.2, 0) is 14.3 Å². The Labute approximate surface area is 184 Å². The third-order valence-corrected chi connectivity index (χ3v) is 8.13. The van der Waals surface area contributed by atoms with E-state index in [1.165, 1.54) is 11.3 Å². The highest BCUT2D eigenvalue weighted by Gasteiger charge is 2.72. The van der Waals surface area contributed by atoms with Crippen molar-refractivity contribution in [1.29, 1.82) is 0 Å². The first-order valence-corrected chi connectivity index (χ1v) is 11.5. The number of carbonyl (C=O) groups is 1. The van der Waals surface area contributed by atoms with Crippen LogP contribution in [-0.4, -0.2) is 59.9 Å². The lowest BCUT2D eigenvalue weighted by Gasteiger charge is -2.67. The van der Waals surface area contributed by atoms with Crippen molar-refractivity contribution in [3.8, 4) is 10.8 Å². The highest BCUT2D eigenvalue weighted by atomic mass is 32.1. The Balaban J connectivity index is 1.05. The fourth-order valence-corrected chi connectivity index (χ4v) is 6.15. The van der Waals surface area contributed by atoms with Crippen LogP contribution in [0.1, 0.15) is 32.1 Å². The third-order valence-electron chi connectivity index (χ3n) is 7.34. The number of hydrogen-bond acceptors (Lipinski definition) is 9. The molecule has 5 fully saturated rings. The molecule has 1 unspecified atom stereocenters. The number of ether oxygens (including phenoxy) is 3. The third kappa shape index (κ3) is 3.19. The largest absolute Gasteiger partial charge is 0.442 e. The molecule has 9 nitrogen and oxygen atoms in total. The number of methoxy groups -OCH3 is 1. The summed E-state index contributed by atoms with van der Waals surface area (Å²) in [5, 5.41) is 4.05. The average molecular weight is 444 g/mol. The first-order chi connectivity index (χ1) is 15.0. The standard InChI is InChI=1S/C21H25N5O4S/c1-28-21-9-20(10-21,11-21)16(27)25-18-24-8-15(31-18)30-14-6-22-17(23-7-14)26-4-2-19(12-26)3-5-29-13-19/h6-8H,2-5,9-13H2,1H3,(H,24,25,27). The molecule has 1 N–H and O–H groups in total. The van der Waals surface area contributed by atoms with Gasteiger partial charge >= 0.3 is 0 Å². The maximum atomic E-state index is 12.6. The van der Waals surface area contributed by atoms with E-state index in [-0.39, 0.29) is 22.3 Å². The summed E-state index contributed by atoms with van der Waals surface area (Å²) < 4.78 is 16.9. The summed E-state index contributed by atoms with van der Waals surface area (Å²) in [6, 6.07) is 0. The van der Waals surface area contributed by atoms with Crippen molar-refractivity contribution in [2.24, 2.45) is 10.8 Å². The molecule has 5 aliphatic rings. The Kier molecular flexibility index (Phi) is 4.28. The number of carbonyl (C=O) groups excluding carboxylic acids is 1. The number of nitrogens with one attached hydrogen (secondary N) is 1. The van der Waals surface area contributed by atoms with E-state index in [1.54, 1.807) is 25.7 Å². The highest BCUT2D eigenvalue weighted by Crippen LogP contribution is 2.69. The lowest BCUT2D eigenvalue weighted by Crippen LogP contribution is -2.72. The van der Waals surface area contributed by atoms with Crippen LogP contribution < -0.4 is 15.0 Å². The number of rotatable bonds is 6. The topological polar surface area (TPSA) is 98.7 Å². The lowest BCUT2D eigenvalue weighted by molar-refractivity contribution is -0.260. The van der Waals surface area contributed by atoms with Crippen molar-refractivity contribution in [1.82, 2.24) is 15.0 Å². The van der Waals surface area contributed by atoms with Crippen LogP contribution in [0.25, 0.3) is 0 Å². The van der Waals surface area contributed by atoms with Crippen LogP contribution in [0.15, 0.2) is 18.6 Å². The van der Waals surface area contributed by atoms with Crippen molar-refractivity contribution in [2.75, 3.05) is 43.6 Å². The van der Waals surface area contributed by atoms with Gasteiger partial charge in [-0.25, -0.2) is 15.0 Å². The van der Waals surface area contributed by atoms with E-state index < -0.39 is 0 Å². The van der Waals surface area contributed by atoms with Crippen molar-refractivity contribution in [2.45, 2.75) is 37.7 Å². The Hall–Kier alpha value is -2.30. The molecule has 7 rings (SSSR count). The molecule has 10 heteroatoms. The van der Waals surface area contributed by atoms with Crippen molar-refractivity contribution < 1.29 is 19.0 Å². The minimum Gasteiger partial charge on any atom is -0.442 e. The molecule has 3 saturated carbocycles. The van der Waals surface area contributed by atoms with Gasteiger partial charge in [0.25, 0.3) is 0 Å². The van der Waals surface area contributed by atoms with Gasteiger partial charge in [0.2, 0.25) is 16.9 Å². The molecule has 0 radical (unpaired) electrons. The summed E-state index contributed by atoms with van der Waals surface area (Å²) in [5.41, 5.74) is -0.0576. The Bertz CT molecular complexity index is 984. The van der Waals surface area contributed by atoms with Gasteiger partial charge < -0.3 is 24.4 Å². The van der Waals surface area contributed by atoms with E-state index in [2.05, 4.69) is 25.2 Å². The van der Waals surface area contributed by atoms with Crippen LogP contribution in [0.5, 0.6) is 10.8 Å². The van der Waals surface area contributed by atoms with Crippen molar-refractivity contribution >= 4 is 28.3 Å². The number of anilines is 2. The quantitative estimate of drug-likeness (QED) is 0.728. The van der Waals surface area contributed by atoms with Gasteiger partial charge in [-0.2, -0.15) is 0 Å². The molecule has 3 aliphatic carbocycles. The zero-order chi connectivity index (χ0) is 21.1. The Morgan fingerprint density at radius 1 is 1.19 bits per heavy atom. The molecule has 0 aromatic carbocycles. The monoisotopic (exact) mass is 443 g/mol. The highest BCUT2D eigenvalue weighted by molar-refractivity contribution is 7.17. The predicted molar refractivity (Wildman–Crippen MR) is 114 cm³/mol. The second kappa shape index (κ2) is 6.85. The molecule has 164 valence electrons. The molecule has 2 bridgehead atoms. The fourth-order valence-electron chi connectivity index (χ4n) is 5.46. The maximum absolute atomic E-state index is 12.6. The van der Waals surface area contributed by atoms with Crippen molar-refractivity contribution in [3.63, 3.8) is 0 Å². The van der Waals surface area contributed by atoms with Crippen LogP contribution >= 0.6 is 11.3 Å². The molecule has 4 heterocycles. The van der Waals surface area contributed by atoms with Gasteiger partial charge in [0.1, 0.15) is 0 Å². The Morgan fingerprint density at radius 3 is 2.71 bits per heavy atom. The van der Waals surface area contributed by atoms with Gasteiger partial charge in [-0.3, -0.25) is 4.79 Å². The lowest BCUT2D eigenvalue weighted by atomic mass is 9.41. The summed E-state index contributed by atoms with van der Waals surface area (Å²) in [6.07, 6.45) is 9.60. The minimum absolute atomic E-state index is 0.0241. The zero-order valence-electron chi connectivity index (χ0n) is 17.4. The number of nitrogens with zero attached hydrogens (tertiary/aromatic N) is 4. The van der Waals surface area contributed by atoms with Crippen LogP contribution in [0, 0.1) is 10.8 Å². The number of amides is 1. The molecule has 1 atom stereocenters. The summed E-state index contributed by atoms with van der Waals surface area (Å²) in [5.74, 6) is 1.29. The van der Waals surface area contributed by atoms with Gasteiger partial charge in [0.05, 0.1) is 36.2 Å². The summed E-state index contributed by atoms with van der Waals surface area (Å²) in [6.45, 7) is 3.59. The summed E-state index contributed by atoms with van der Waals surface area (Å²) >= 11 is 1.29. The summed E-state index contributed by atoms with van der Waals surface area (Å²) in [7, 11) is 1.72. The Morgan fingerprint density at radius 2 is 2.00 bits per heavy atom. The maximum Gasteiger partial charge on any atom is 0.232 e. The second-order valence-corrected chi connectivity index (χ2v) is 10.4. The smallest absolute Gasteiger partial charge is 0.232 e. The van der Waals surface area contributed by atoms with E-state index in [1.807, 2.05) is 0 Å². The molecule has 2 saturated heterocycles. The molecule has 2 aromatic heterocycles. The number of aromatic nitrogens is 3. The molecule has 1 spiro atoms. The van der Waals surface area contributed by atoms with E-state index in [4.69, 9.17) is 14.2 Å². The molecule has 2 aromatic rings. The van der Waals surface area contributed by atoms with E-state index in [9.17, 15) is 4.79 Å². The van der Waals surface area contributed by atoms with Gasteiger partial charge in [-0.1, -0.05) is 11.3 Å². The second-order valence-electron chi connectivity index (χ2n) is 9.43. The van der Waals surface area contributed by atoms with Crippen LogP contribution in [0.2, 0.25) is 0 Å². The number of thiazole rings is 1. The molecule has 2 aliphatic heterocycles. The molecular weight excluding hydrogens is 418 g/mol. The first-order valence-electron chi connectivity index (χ1n) is 10.7. The molecule has 1 amide bonds. The van der Waals surface area contributed by atoms with E-state index in [0.29, 0.717) is 15.9 Å². The van der Waals surface area contributed by atoms with Gasteiger partial charge in [0.15, 0.2) is 10.9 Å². The first kappa shape index (κ1) is 19.4. The van der Waals surface area contributed by atoms with Crippen LogP contribution in [0.3, 0.4) is 0 Å². The van der Waals surface area contributed by atoms with E-state index in [0.717, 1.165) is 64.4 Å². The van der Waals surface area contributed by atoms with Gasteiger partial charge in [-0.05, 0) is 32.1 Å². The normalized spacial score (nSPS) is 33.3. The minimum atomic E-state index is -0.273. The van der Waals surface area contributed by atoms with Gasteiger partial charge in [-0.15, -0.1) is 0 Å². The molecular formula is C21H25N5O4S. The number of hydrogen-bond donors (Lipinski definition) is 1.